The standard InChI is InChI=1S/C32H43ClN6O2.2C2HF3O2/c1-22(27-19-35-28-10-6-5-9-26(27)28)30(36-32(41)34-13-16-38-14-7-4-8-15-38)31(40)39-21-23(20-37(2)3)17-24-18-25(33)11-12-29(24)39;2*3-2(4,5)1(6)7/h5-6,9-12,18-19,22-23,30,35H,4,7-8,13-17,20-21H2,1-3H3,(H2,34,36,41);2*(H,6,7)/t22?,23-,30?;;/m1../s1. The monoisotopic (exact) mass is 806 g/mol. The molecule has 2 aromatic carbocycles. The number of aromatic amines is 1. The summed E-state index contributed by atoms with van der Waals surface area (Å²) in [7, 11) is 4.11. The van der Waals surface area contributed by atoms with Crippen LogP contribution in [-0.4, -0.2) is 121 Å². The van der Waals surface area contributed by atoms with Crippen molar-refractivity contribution in [3.8, 4) is 0 Å². The lowest BCUT2D eigenvalue weighted by Gasteiger charge is -2.38. The van der Waals surface area contributed by atoms with Gasteiger partial charge < -0.3 is 40.5 Å². The number of benzene rings is 2. The predicted octanol–water partition coefficient (Wildman–Crippen LogP) is 6.11. The van der Waals surface area contributed by atoms with E-state index in [-0.39, 0.29) is 23.8 Å². The van der Waals surface area contributed by atoms with Gasteiger partial charge in [-0.15, -0.1) is 0 Å². The second-order valence-corrected chi connectivity index (χ2v) is 14.0. The molecule has 0 saturated carbocycles. The Morgan fingerprint density at radius 2 is 1.56 bits per heavy atom. The number of hydrogen-bond acceptors (Lipinski definition) is 6. The van der Waals surface area contributed by atoms with Gasteiger partial charge in [0.1, 0.15) is 6.04 Å². The number of aliphatic carboxylic acids is 2. The Balaban J connectivity index is 0.000000494. The molecule has 1 aromatic heterocycles. The lowest BCUT2D eigenvalue weighted by Crippen LogP contribution is -2.56. The van der Waals surface area contributed by atoms with E-state index in [9.17, 15) is 35.9 Å². The molecule has 0 radical (unpaired) electrons. The zero-order chi connectivity index (χ0) is 41.1. The quantitative estimate of drug-likeness (QED) is 0.162. The van der Waals surface area contributed by atoms with Crippen LogP contribution in [0.4, 0.5) is 36.8 Å². The van der Waals surface area contributed by atoms with Crippen molar-refractivity contribution in [1.29, 1.82) is 0 Å². The van der Waals surface area contributed by atoms with Crippen LogP contribution in [0.25, 0.3) is 10.9 Å². The normalized spacial score (nSPS) is 17.1. The second kappa shape index (κ2) is 19.9. The van der Waals surface area contributed by atoms with E-state index >= 15 is 0 Å². The minimum Gasteiger partial charge on any atom is -0.475 e. The second-order valence-electron chi connectivity index (χ2n) is 13.5. The Hall–Kier alpha value is -4.55. The molecule has 3 heterocycles. The summed E-state index contributed by atoms with van der Waals surface area (Å²) < 4.78 is 63.5. The Labute approximate surface area is 318 Å². The molecule has 5 N–H and O–H groups in total. The summed E-state index contributed by atoms with van der Waals surface area (Å²) in [5.41, 5.74) is 3.95. The number of urea groups is 1. The van der Waals surface area contributed by atoms with Gasteiger partial charge in [-0.25, -0.2) is 14.4 Å². The summed E-state index contributed by atoms with van der Waals surface area (Å²) in [5.74, 6) is -5.64. The fraction of sp³-hybridized carbons (Fsp3) is 0.500. The summed E-state index contributed by atoms with van der Waals surface area (Å²) in [5, 5.41) is 22.1. The zero-order valence-corrected chi connectivity index (χ0v) is 31.2. The number of rotatable bonds is 9. The lowest BCUT2D eigenvalue weighted by molar-refractivity contribution is -0.193. The molecule has 55 heavy (non-hydrogen) atoms. The molecular weight excluding hydrogens is 762 g/mol. The van der Waals surface area contributed by atoms with Crippen molar-refractivity contribution < 1.29 is 55.7 Å². The van der Waals surface area contributed by atoms with Crippen molar-refractivity contribution in [1.82, 2.24) is 25.4 Å². The smallest absolute Gasteiger partial charge is 0.475 e. The summed E-state index contributed by atoms with van der Waals surface area (Å²) in [4.78, 5) is 55.3. The number of carbonyl (C=O) groups is 4. The van der Waals surface area contributed by atoms with Crippen LogP contribution in [0, 0.1) is 5.92 Å². The number of anilines is 1. The maximum atomic E-state index is 14.5. The first-order valence-corrected chi connectivity index (χ1v) is 17.7. The molecule has 0 aliphatic carbocycles. The minimum absolute atomic E-state index is 0.110. The number of carboxylic acid groups (broad SMARTS) is 2. The van der Waals surface area contributed by atoms with E-state index in [4.69, 9.17) is 31.4 Å². The highest BCUT2D eigenvalue weighted by molar-refractivity contribution is 6.30. The maximum Gasteiger partial charge on any atom is 0.490 e. The van der Waals surface area contributed by atoms with Crippen LogP contribution in [0.2, 0.25) is 5.02 Å². The molecule has 2 aliphatic heterocycles. The van der Waals surface area contributed by atoms with E-state index in [0.717, 1.165) is 60.3 Å². The van der Waals surface area contributed by atoms with Gasteiger partial charge in [0.2, 0.25) is 5.91 Å². The molecule has 2 aliphatic rings. The molecular formula is C36H45ClF6N6O6. The van der Waals surface area contributed by atoms with Crippen LogP contribution in [-0.2, 0) is 20.8 Å². The predicted molar refractivity (Wildman–Crippen MR) is 194 cm³/mol. The molecule has 5 rings (SSSR count). The number of carbonyl (C=O) groups excluding carboxylic acids is 2. The minimum atomic E-state index is -5.08. The average molecular weight is 807 g/mol. The van der Waals surface area contributed by atoms with E-state index in [1.54, 1.807) is 0 Å². The fourth-order valence-corrected chi connectivity index (χ4v) is 6.68. The maximum absolute atomic E-state index is 14.5. The Bertz CT molecular complexity index is 1740. The number of H-pyrrole nitrogens is 1. The third kappa shape index (κ3) is 13.6. The summed E-state index contributed by atoms with van der Waals surface area (Å²) >= 11 is 6.38. The zero-order valence-electron chi connectivity index (χ0n) is 30.4. The largest absolute Gasteiger partial charge is 0.490 e. The molecule has 304 valence electrons. The van der Waals surface area contributed by atoms with Gasteiger partial charge in [-0.05, 0) is 87.8 Å². The van der Waals surface area contributed by atoms with Gasteiger partial charge in [0.05, 0.1) is 0 Å². The number of nitrogens with one attached hydrogen (secondary N) is 3. The van der Waals surface area contributed by atoms with Crippen LogP contribution < -0.4 is 15.5 Å². The third-order valence-corrected chi connectivity index (χ3v) is 9.22. The summed E-state index contributed by atoms with van der Waals surface area (Å²) in [6.07, 6.45) is -3.65. The molecule has 0 spiro atoms. The first-order chi connectivity index (χ1) is 25.7. The molecule has 3 amide bonds. The highest BCUT2D eigenvalue weighted by atomic mass is 35.5. The fourth-order valence-electron chi connectivity index (χ4n) is 6.48. The van der Waals surface area contributed by atoms with E-state index in [2.05, 4.69) is 45.6 Å². The number of fused-ring (bicyclic) bond motifs is 2. The Morgan fingerprint density at radius 1 is 0.964 bits per heavy atom. The lowest BCUT2D eigenvalue weighted by atomic mass is 9.88. The number of alkyl halides is 6. The Morgan fingerprint density at radius 3 is 2.15 bits per heavy atom. The van der Waals surface area contributed by atoms with Crippen molar-refractivity contribution in [3.05, 3.63) is 64.8 Å². The van der Waals surface area contributed by atoms with Gasteiger partial charge in [-0.1, -0.05) is 43.1 Å². The van der Waals surface area contributed by atoms with Crippen LogP contribution >= 0.6 is 11.6 Å². The highest BCUT2D eigenvalue weighted by Gasteiger charge is 2.39. The molecule has 1 saturated heterocycles. The number of carboxylic acids is 2. The number of aromatic nitrogens is 1. The SMILES string of the molecule is CC(c1c[nH]c2ccccc12)C(NC(=O)NCCN1CCCCC1)C(=O)N1C[C@@H](CN(C)C)Cc2cc(Cl)ccc21.O=C(O)C(F)(F)F.O=C(O)C(F)(F)F. The van der Waals surface area contributed by atoms with Crippen molar-refractivity contribution in [2.24, 2.45) is 5.92 Å². The average Bonchev–Trinajstić information content (AvgIpc) is 3.54. The van der Waals surface area contributed by atoms with E-state index in [1.807, 2.05) is 54.4 Å². The number of likely N-dealkylation sites (tertiary alicyclic amines) is 1. The van der Waals surface area contributed by atoms with Crippen molar-refractivity contribution >= 4 is 52.1 Å². The number of halogens is 7. The van der Waals surface area contributed by atoms with Gasteiger partial charge in [0.15, 0.2) is 0 Å². The molecule has 2 unspecified atom stereocenters. The van der Waals surface area contributed by atoms with Gasteiger partial charge >= 0.3 is 30.3 Å². The molecule has 3 aromatic rings. The number of para-hydroxylation sites is 1. The van der Waals surface area contributed by atoms with E-state index in [0.29, 0.717) is 18.1 Å². The van der Waals surface area contributed by atoms with Crippen LogP contribution in [0.1, 0.15) is 43.2 Å². The van der Waals surface area contributed by atoms with E-state index in [1.165, 1.54) is 19.3 Å². The van der Waals surface area contributed by atoms with Crippen LogP contribution in [0.3, 0.4) is 0 Å². The molecule has 12 nitrogen and oxygen atoms in total. The summed E-state index contributed by atoms with van der Waals surface area (Å²) in [6.45, 7) is 6.98. The van der Waals surface area contributed by atoms with Gasteiger partial charge in [-0.2, -0.15) is 26.3 Å². The van der Waals surface area contributed by atoms with Crippen LogP contribution in [0.15, 0.2) is 48.7 Å². The van der Waals surface area contributed by atoms with Crippen LogP contribution in [0.5, 0.6) is 0 Å². The van der Waals surface area contributed by atoms with Gasteiger partial charge in [-0.3, -0.25) is 4.79 Å². The molecule has 0 bridgehead atoms. The topological polar surface area (TPSA) is 158 Å². The first kappa shape index (κ1) is 44.8. The molecule has 19 heteroatoms. The number of nitrogens with zero attached hydrogens (tertiary/aromatic N) is 3. The Kier molecular flexibility index (Phi) is 16.2. The van der Waals surface area contributed by atoms with Crippen molar-refractivity contribution in [2.75, 3.05) is 58.3 Å². The molecule has 3 atom stereocenters. The first-order valence-electron chi connectivity index (χ1n) is 17.4. The number of amides is 3. The highest BCUT2D eigenvalue weighted by Crippen LogP contribution is 2.35. The third-order valence-electron chi connectivity index (χ3n) is 8.98. The van der Waals surface area contributed by atoms with Gasteiger partial charge in [0, 0.05) is 59.9 Å². The number of piperidine rings is 1. The number of hydrogen-bond donors (Lipinski definition) is 5. The summed E-state index contributed by atoms with van der Waals surface area (Å²) in [6, 6.07) is 12.8. The molecule has 1 fully saturated rings. The van der Waals surface area contributed by atoms with E-state index < -0.39 is 30.3 Å². The van der Waals surface area contributed by atoms with Gasteiger partial charge in [0.25, 0.3) is 0 Å². The van der Waals surface area contributed by atoms with Crippen molar-refractivity contribution in [3.63, 3.8) is 0 Å². The van der Waals surface area contributed by atoms with Crippen molar-refractivity contribution in [2.45, 2.75) is 56.9 Å².